The van der Waals surface area contributed by atoms with E-state index in [-0.39, 0.29) is 18.3 Å². The minimum atomic E-state index is -0.722. The van der Waals surface area contributed by atoms with Crippen LogP contribution >= 0.6 is 11.3 Å². The standard InChI is InChI=1S/C28H27N3O4S/c1-5-34-27(33)24-17(4)30-28-31(25(24)20-11-7-9-13-22(20)35-16(2)3)26(32)23(36-28)14-18-15-29-21-12-8-6-10-19(18)21/h6-16,25,29H,5H2,1-4H3/b23-14+/t25-/m1/s1. The van der Waals surface area contributed by atoms with Gasteiger partial charge in [0, 0.05) is 28.2 Å². The van der Waals surface area contributed by atoms with Gasteiger partial charge >= 0.3 is 5.97 Å². The Morgan fingerprint density at radius 2 is 1.94 bits per heavy atom. The summed E-state index contributed by atoms with van der Waals surface area (Å²) in [5.41, 5.74) is 3.26. The fourth-order valence-electron chi connectivity index (χ4n) is 4.51. The van der Waals surface area contributed by atoms with Gasteiger partial charge in [0.25, 0.3) is 5.56 Å². The Morgan fingerprint density at radius 3 is 2.72 bits per heavy atom. The van der Waals surface area contributed by atoms with E-state index in [4.69, 9.17) is 9.47 Å². The number of carbonyl (C=O) groups is 1. The molecule has 0 radical (unpaired) electrons. The second-order valence-corrected chi connectivity index (χ2v) is 9.81. The summed E-state index contributed by atoms with van der Waals surface area (Å²) in [7, 11) is 0. The summed E-state index contributed by atoms with van der Waals surface area (Å²) in [4.78, 5) is 35.5. The molecule has 0 saturated carbocycles. The van der Waals surface area contributed by atoms with Crippen LogP contribution in [0.3, 0.4) is 0 Å². The van der Waals surface area contributed by atoms with Crippen molar-refractivity contribution < 1.29 is 14.3 Å². The fourth-order valence-corrected chi connectivity index (χ4v) is 5.55. The number of aromatic amines is 1. The summed E-state index contributed by atoms with van der Waals surface area (Å²) < 4.78 is 13.6. The van der Waals surface area contributed by atoms with Gasteiger partial charge in [0.15, 0.2) is 4.80 Å². The van der Waals surface area contributed by atoms with Crippen molar-refractivity contribution in [2.45, 2.75) is 39.8 Å². The second-order valence-electron chi connectivity index (χ2n) is 8.80. The number of hydrogen-bond acceptors (Lipinski definition) is 6. The predicted octanol–water partition coefficient (Wildman–Crippen LogP) is 4.07. The van der Waals surface area contributed by atoms with Crippen molar-refractivity contribution in [1.82, 2.24) is 9.55 Å². The first kappa shape index (κ1) is 23.8. The number of allylic oxidation sites excluding steroid dienone is 1. The number of aromatic nitrogens is 2. The zero-order valence-corrected chi connectivity index (χ0v) is 21.4. The Kier molecular flexibility index (Phi) is 6.36. The van der Waals surface area contributed by atoms with Gasteiger partial charge in [0.05, 0.1) is 28.5 Å². The number of fused-ring (bicyclic) bond motifs is 2. The molecule has 7 nitrogen and oxygen atoms in total. The lowest BCUT2D eigenvalue weighted by Gasteiger charge is -2.26. The van der Waals surface area contributed by atoms with Crippen molar-refractivity contribution in [3.63, 3.8) is 0 Å². The number of ether oxygens (including phenoxy) is 2. The number of nitrogens with zero attached hydrogens (tertiary/aromatic N) is 2. The van der Waals surface area contributed by atoms with E-state index in [1.807, 2.05) is 74.7 Å². The Bertz CT molecular complexity index is 1670. The van der Waals surface area contributed by atoms with E-state index in [0.717, 1.165) is 16.5 Å². The minimum absolute atomic E-state index is 0.0834. The first-order valence-electron chi connectivity index (χ1n) is 11.9. The number of hydrogen-bond donors (Lipinski definition) is 1. The van der Waals surface area contributed by atoms with Crippen molar-refractivity contribution in [2.24, 2.45) is 4.99 Å². The zero-order chi connectivity index (χ0) is 25.4. The monoisotopic (exact) mass is 501 g/mol. The van der Waals surface area contributed by atoms with E-state index >= 15 is 0 Å². The van der Waals surface area contributed by atoms with E-state index in [2.05, 4.69) is 9.98 Å². The lowest BCUT2D eigenvalue weighted by Crippen LogP contribution is -2.40. The Morgan fingerprint density at radius 1 is 1.19 bits per heavy atom. The van der Waals surface area contributed by atoms with Crippen LogP contribution in [-0.2, 0) is 9.53 Å². The van der Waals surface area contributed by atoms with Gasteiger partial charge in [-0.3, -0.25) is 9.36 Å². The van der Waals surface area contributed by atoms with E-state index < -0.39 is 12.0 Å². The van der Waals surface area contributed by atoms with E-state index in [9.17, 15) is 9.59 Å². The van der Waals surface area contributed by atoms with Crippen LogP contribution < -0.4 is 19.6 Å². The number of nitrogens with one attached hydrogen (secondary N) is 1. The third-order valence-corrected chi connectivity index (χ3v) is 6.98. The molecule has 0 spiro atoms. The number of para-hydroxylation sites is 2. The van der Waals surface area contributed by atoms with E-state index in [0.29, 0.717) is 31.9 Å². The number of carbonyl (C=O) groups excluding carboxylic acids is 1. The highest BCUT2D eigenvalue weighted by Gasteiger charge is 2.35. The van der Waals surface area contributed by atoms with E-state index in [1.54, 1.807) is 18.4 Å². The first-order valence-corrected chi connectivity index (χ1v) is 12.7. The highest BCUT2D eigenvalue weighted by molar-refractivity contribution is 7.07. The summed E-state index contributed by atoms with van der Waals surface area (Å²) in [6, 6.07) is 14.7. The zero-order valence-electron chi connectivity index (χ0n) is 20.6. The third kappa shape index (κ3) is 4.18. The van der Waals surface area contributed by atoms with Crippen molar-refractivity contribution >= 4 is 34.3 Å². The summed E-state index contributed by atoms with van der Waals surface area (Å²) in [6.07, 6.45) is 3.68. The largest absolute Gasteiger partial charge is 0.491 e. The molecular weight excluding hydrogens is 474 g/mol. The molecule has 3 heterocycles. The molecule has 4 aromatic rings. The SMILES string of the molecule is CCOC(=O)C1=C(C)N=c2s/c(=C/c3c[nH]c4ccccc34)c(=O)n2[C@@H]1c1ccccc1OC(C)C. The molecule has 1 aliphatic rings. The van der Waals surface area contributed by atoms with Gasteiger partial charge in [-0.25, -0.2) is 9.79 Å². The maximum atomic E-state index is 13.9. The van der Waals surface area contributed by atoms with Gasteiger partial charge in [0.2, 0.25) is 0 Å². The molecule has 0 bridgehead atoms. The van der Waals surface area contributed by atoms with Crippen LogP contribution in [0, 0.1) is 0 Å². The molecule has 5 rings (SSSR count). The molecule has 36 heavy (non-hydrogen) atoms. The lowest BCUT2D eigenvalue weighted by atomic mass is 9.95. The number of thiazole rings is 1. The maximum absolute atomic E-state index is 13.9. The second kappa shape index (κ2) is 9.62. The van der Waals surface area contributed by atoms with Gasteiger partial charge < -0.3 is 14.5 Å². The van der Waals surface area contributed by atoms with Crippen molar-refractivity contribution in [2.75, 3.05) is 6.61 Å². The molecule has 0 saturated heterocycles. The van der Waals surface area contributed by atoms with Crippen LogP contribution in [0.15, 0.2) is 75.8 Å². The first-order chi connectivity index (χ1) is 17.4. The fraction of sp³-hybridized carbons (Fsp3) is 0.250. The van der Waals surface area contributed by atoms with Crippen LogP contribution in [-0.4, -0.2) is 28.2 Å². The van der Waals surface area contributed by atoms with Gasteiger partial charge in [0.1, 0.15) is 11.8 Å². The minimum Gasteiger partial charge on any atom is -0.491 e. The lowest BCUT2D eigenvalue weighted by molar-refractivity contribution is -0.139. The molecule has 184 valence electrons. The van der Waals surface area contributed by atoms with Crippen LogP contribution in [0.2, 0.25) is 0 Å². The van der Waals surface area contributed by atoms with E-state index in [1.165, 1.54) is 11.3 Å². The molecule has 0 aliphatic carbocycles. The highest BCUT2D eigenvalue weighted by Crippen LogP contribution is 2.36. The smallest absolute Gasteiger partial charge is 0.338 e. The Balaban J connectivity index is 1.76. The molecule has 0 amide bonds. The van der Waals surface area contributed by atoms with Crippen LogP contribution in [0.5, 0.6) is 5.75 Å². The summed E-state index contributed by atoms with van der Waals surface area (Å²) >= 11 is 1.31. The van der Waals surface area contributed by atoms with Gasteiger partial charge in [-0.2, -0.15) is 0 Å². The molecule has 0 unspecified atom stereocenters. The quantitative estimate of drug-likeness (QED) is 0.404. The van der Waals surface area contributed by atoms with Gasteiger partial charge in [-0.1, -0.05) is 47.7 Å². The van der Waals surface area contributed by atoms with Crippen LogP contribution in [0.25, 0.3) is 17.0 Å². The summed E-state index contributed by atoms with van der Waals surface area (Å²) in [6.45, 7) is 7.64. The Labute approximate surface area is 212 Å². The topological polar surface area (TPSA) is 85.7 Å². The maximum Gasteiger partial charge on any atom is 0.338 e. The number of H-pyrrole nitrogens is 1. The van der Waals surface area contributed by atoms with Crippen LogP contribution in [0.4, 0.5) is 0 Å². The molecule has 0 fully saturated rings. The summed E-state index contributed by atoms with van der Waals surface area (Å²) in [5.74, 6) is 0.120. The number of benzene rings is 2. The highest BCUT2D eigenvalue weighted by atomic mass is 32.1. The normalized spacial score (nSPS) is 15.8. The van der Waals surface area contributed by atoms with Gasteiger partial charge in [-0.15, -0.1) is 0 Å². The molecule has 2 aromatic heterocycles. The van der Waals surface area contributed by atoms with Crippen LogP contribution in [0.1, 0.15) is 44.9 Å². The molecule has 1 N–H and O–H groups in total. The summed E-state index contributed by atoms with van der Waals surface area (Å²) in [5, 5.41) is 1.03. The Hall–Kier alpha value is -3.91. The predicted molar refractivity (Wildman–Crippen MR) is 141 cm³/mol. The number of esters is 1. The molecule has 1 atom stereocenters. The molecule has 1 aliphatic heterocycles. The molecule has 2 aromatic carbocycles. The van der Waals surface area contributed by atoms with Gasteiger partial charge in [-0.05, 0) is 45.9 Å². The number of rotatable bonds is 6. The molecule has 8 heteroatoms. The molecular formula is C28H27N3O4S. The average molecular weight is 502 g/mol. The van der Waals surface area contributed by atoms with Crippen molar-refractivity contribution in [3.05, 3.63) is 96.8 Å². The van der Waals surface area contributed by atoms with Crippen molar-refractivity contribution in [1.29, 1.82) is 0 Å². The van der Waals surface area contributed by atoms with Crippen molar-refractivity contribution in [3.8, 4) is 5.75 Å². The third-order valence-electron chi connectivity index (χ3n) is 6.00. The average Bonchev–Trinajstić information content (AvgIpc) is 3.39.